The standard InChI is InChI=1S/C12H15NO3/c1-2-16-13-12(14)11-10-6-4-3-5-9(10)7-8-15-11/h3-6,11H,2,7-8H2,1H3,(H,13,14). The summed E-state index contributed by atoms with van der Waals surface area (Å²) in [5, 5.41) is 0. The predicted molar refractivity (Wildman–Crippen MR) is 58.6 cm³/mol. The zero-order valence-electron chi connectivity index (χ0n) is 9.23. The topological polar surface area (TPSA) is 47.6 Å². The second-order valence-corrected chi connectivity index (χ2v) is 3.60. The van der Waals surface area contributed by atoms with E-state index in [1.807, 2.05) is 31.2 Å². The van der Waals surface area contributed by atoms with Gasteiger partial charge >= 0.3 is 0 Å². The summed E-state index contributed by atoms with van der Waals surface area (Å²) in [6.07, 6.45) is 0.311. The van der Waals surface area contributed by atoms with Crippen molar-refractivity contribution in [1.29, 1.82) is 0 Å². The monoisotopic (exact) mass is 221 g/mol. The molecule has 0 spiro atoms. The Bertz CT molecular complexity index is 378. The Kier molecular flexibility index (Phi) is 3.54. The third-order valence-corrected chi connectivity index (χ3v) is 2.55. The molecular weight excluding hydrogens is 206 g/mol. The number of hydrogen-bond acceptors (Lipinski definition) is 3. The Balaban J connectivity index is 2.15. The van der Waals surface area contributed by atoms with Crippen molar-refractivity contribution in [2.24, 2.45) is 0 Å². The third-order valence-electron chi connectivity index (χ3n) is 2.55. The molecule has 0 aliphatic carbocycles. The normalized spacial score (nSPS) is 18.9. The Labute approximate surface area is 94.5 Å². The lowest BCUT2D eigenvalue weighted by molar-refractivity contribution is -0.146. The number of benzene rings is 1. The van der Waals surface area contributed by atoms with Crippen molar-refractivity contribution >= 4 is 5.91 Å². The van der Waals surface area contributed by atoms with Crippen LogP contribution in [0.5, 0.6) is 0 Å². The zero-order valence-corrected chi connectivity index (χ0v) is 9.23. The predicted octanol–water partition coefficient (Wildman–Crippen LogP) is 1.37. The highest BCUT2D eigenvalue weighted by molar-refractivity contribution is 5.81. The lowest BCUT2D eigenvalue weighted by Crippen LogP contribution is -2.33. The highest BCUT2D eigenvalue weighted by Gasteiger charge is 2.27. The average molecular weight is 221 g/mol. The molecule has 1 aromatic rings. The van der Waals surface area contributed by atoms with Crippen LogP contribution in [0, 0.1) is 0 Å². The lowest BCUT2D eigenvalue weighted by atomic mass is 9.97. The van der Waals surface area contributed by atoms with E-state index in [0.29, 0.717) is 13.2 Å². The molecule has 1 aliphatic rings. The SMILES string of the molecule is CCONC(=O)C1OCCc2ccccc21. The number of amides is 1. The molecule has 0 radical (unpaired) electrons. The van der Waals surface area contributed by atoms with Crippen LogP contribution in [0.2, 0.25) is 0 Å². The number of hydroxylamine groups is 1. The molecule has 1 N–H and O–H groups in total. The van der Waals surface area contributed by atoms with Crippen LogP contribution >= 0.6 is 0 Å². The van der Waals surface area contributed by atoms with Gasteiger partial charge in [-0.2, -0.15) is 0 Å². The van der Waals surface area contributed by atoms with Crippen LogP contribution in [0.4, 0.5) is 0 Å². The van der Waals surface area contributed by atoms with Crippen LogP contribution in [0.25, 0.3) is 0 Å². The summed E-state index contributed by atoms with van der Waals surface area (Å²) in [4.78, 5) is 16.6. The van der Waals surface area contributed by atoms with Crippen LogP contribution < -0.4 is 5.48 Å². The summed E-state index contributed by atoms with van der Waals surface area (Å²) in [6.45, 7) is 2.83. The van der Waals surface area contributed by atoms with Crippen molar-refractivity contribution in [2.75, 3.05) is 13.2 Å². The minimum atomic E-state index is -0.545. The molecular formula is C12H15NO3. The van der Waals surface area contributed by atoms with Gasteiger partial charge in [0.25, 0.3) is 5.91 Å². The van der Waals surface area contributed by atoms with Gasteiger partial charge in [0.2, 0.25) is 0 Å². The molecule has 1 aliphatic heterocycles. The summed E-state index contributed by atoms with van der Waals surface area (Å²) in [7, 11) is 0. The molecule has 0 fully saturated rings. The van der Waals surface area contributed by atoms with Gasteiger partial charge in [-0.3, -0.25) is 9.63 Å². The van der Waals surface area contributed by atoms with Crippen molar-refractivity contribution in [2.45, 2.75) is 19.4 Å². The van der Waals surface area contributed by atoms with Crippen LogP contribution in [0.1, 0.15) is 24.2 Å². The number of fused-ring (bicyclic) bond motifs is 1. The summed E-state index contributed by atoms with van der Waals surface area (Å²) in [5.74, 6) is -0.242. The van der Waals surface area contributed by atoms with Gasteiger partial charge in [-0.25, -0.2) is 5.48 Å². The summed E-state index contributed by atoms with van der Waals surface area (Å²) in [6, 6.07) is 7.83. The number of nitrogens with one attached hydrogen (secondary N) is 1. The highest BCUT2D eigenvalue weighted by atomic mass is 16.7. The van der Waals surface area contributed by atoms with E-state index in [-0.39, 0.29) is 5.91 Å². The van der Waals surface area contributed by atoms with Gasteiger partial charge in [0, 0.05) is 0 Å². The second-order valence-electron chi connectivity index (χ2n) is 3.60. The van der Waals surface area contributed by atoms with E-state index in [2.05, 4.69) is 5.48 Å². The average Bonchev–Trinajstić information content (AvgIpc) is 2.35. The Morgan fingerprint density at radius 2 is 2.38 bits per heavy atom. The van der Waals surface area contributed by atoms with Crippen molar-refractivity contribution < 1.29 is 14.4 Å². The smallest absolute Gasteiger partial charge is 0.277 e. The molecule has 4 heteroatoms. The Morgan fingerprint density at radius 3 is 3.19 bits per heavy atom. The van der Waals surface area contributed by atoms with Gasteiger partial charge in [0.15, 0.2) is 6.10 Å². The first kappa shape index (κ1) is 11.1. The fourth-order valence-electron chi connectivity index (χ4n) is 1.81. The number of carbonyl (C=O) groups is 1. The Hall–Kier alpha value is -1.39. The van der Waals surface area contributed by atoms with Gasteiger partial charge in [0.05, 0.1) is 13.2 Å². The minimum Gasteiger partial charge on any atom is -0.363 e. The summed E-state index contributed by atoms with van der Waals surface area (Å²) >= 11 is 0. The van der Waals surface area contributed by atoms with Crippen molar-refractivity contribution in [3.63, 3.8) is 0 Å². The molecule has 2 rings (SSSR count). The molecule has 86 valence electrons. The van der Waals surface area contributed by atoms with Crippen LogP contribution in [-0.2, 0) is 20.8 Å². The largest absolute Gasteiger partial charge is 0.363 e. The van der Waals surface area contributed by atoms with Gasteiger partial charge < -0.3 is 4.74 Å². The fourth-order valence-corrected chi connectivity index (χ4v) is 1.81. The number of rotatable bonds is 3. The second kappa shape index (κ2) is 5.09. The molecule has 4 nitrogen and oxygen atoms in total. The lowest BCUT2D eigenvalue weighted by Gasteiger charge is -2.24. The van der Waals surface area contributed by atoms with E-state index >= 15 is 0 Å². The van der Waals surface area contributed by atoms with E-state index < -0.39 is 6.10 Å². The maximum atomic E-state index is 11.8. The maximum Gasteiger partial charge on any atom is 0.277 e. The van der Waals surface area contributed by atoms with Gasteiger partial charge in [-0.1, -0.05) is 24.3 Å². The molecule has 1 unspecified atom stereocenters. The quantitative estimate of drug-likeness (QED) is 0.784. The molecule has 0 saturated carbocycles. The highest BCUT2D eigenvalue weighted by Crippen LogP contribution is 2.26. The van der Waals surface area contributed by atoms with Gasteiger partial charge in [-0.15, -0.1) is 0 Å². The Morgan fingerprint density at radius 1 is 1.56 bits per heavy atom. The molecule has 16 heavy (non-hydrogen) atoms. The molecule has 0 aromatic heterocycles. The van der Waals surface area contributed by atoms with E-state index in [1.54, 1.807) is 0 Å². The van der Waals surface area contributed by atoms with Crippen molar-refractivity contribution in [3.05, 3.63) is 35.4 Å². The van der Waals surface area contributed by atoms with Gasteiger partial charge in [-0.05, 0) is 24.5 Å². The number of hydrogen-bond donors (Lipinski definition) is 1. The molecule has 1 amide bonds. The number of ether oxygens (including phenoxy) is 1. The van der Waals surface area contributed by atoms with Crippen molar-refractivity contribution in [3.8, 4) is 0 Å². The fraction of sp³-hybridized carbons (Fsp3) is 0.417. The van der Waals surface area contributed by atoms with E-state index in [4.69, 9.17) is 9.57 Å². The first-order chi connectivity index (χ1) is 7.83. The minimum absolute atomic E-state index is 0.242. The van der Waals surface area contributed by atoms with E-state index in [9.17, 15) is 4.79 Å². The zero-order chi connectivity index (χ0) is 11.4. The molecule has 1 heterocycles. The first-order valence-corrected chi connectivity index (χ1v) is 5.44. The van der Waals surface area contributed by atoms with Crippen LogP contribution in [0.15, 0.2) is 24.3 Å². The summed E-state index contributed by atoms with van der Waals surface area (Å²) < 4.78 is 5.47. The molecule has 0 saturated heterocycles. The number of carbonyl (C=O) groups excluding carboxylic acids is 1. The van der Waals surface area contributed by atoms with E-state index in [0.717, 1.165) is 12.0 Å². The molecule has 0 bridgehead atoms. The molecule has 1 aromatic carbocycles. The van der Waals surface area contributed by atoms with Crippen LogP contribution in [0.3, 0.4) is 0 Å². The third kappa shape index (κ3) is 2.23. The first-order valence-electron chi connectivity index (χ1n) is 5.44. The molecule has 1 atom stereocenters. The summed E-state index contributed by atoms with van der Waals surface area (Å²) in [5.41, 5.74) is 4.49. The van der Waals surface area contributed by atoms with Crippen molar-refractivity contribution in [1.82, 2.24) is 5.48 Å². The van der Waals surface area contributed by atoms with Gasteiger partial charge in [0.1, 0.15) is 0 Å². The van der Waals surface area contributed by atoms with Crippen LogP contribution in [-0.4, -0.2) is 19.1 Å². The maximum absolute atomic E-state index is 11.8. The van der Waals surface area contributed by atoms with E-state index in [1.165, 1.54) is 5.56 Å².